The topological polar surface area (TPSA) is 175 Å². The van der Waals surface area contributed by atoms with Gasteiger partial charge in [-0.3, -0.25) is 9.59 Å². The summed E-state index contributed by atoms with van der Waals surface area (Å²) in [5, 5.41) is 56.8. The summed E-state index contributed by atoms with van der Waals surface area (Å²) in [7, 11) is 0. The Hall–Kier alpha value is -4.72. The molecule has 1 amide bonds. The molecule has 0 radical (unpaired) electrons. The first kappa shape index (κ1) is 73.3. The van der Waals surface area contributed by atoms with Gasteiger partial charge >= 0.3 is 5.97 Å². The van der Waals surface area contributed by atoms with Crippen LogP contribution in [0.1, 0.15) is 201 Å². The van der Waals surface area contributed by atoms with Gasteiger partial charge in [0.25, 0.3) is 0 Å². The van der Waals surface area contributed by atoms with Crippen molar-refractivity contribution in [3.05, 3.63) is 158 Å². The highest BCUT2D eigenvalue weighted by atomic mass is 16.7. The van der Waals surface area contributed by atoms with E-state index in [2.05, 4.69) is 154 Å². The zero-order chi connectivity index (χ0) is 58.2. The quantitative estimate of drug-likeness (QED) is 0.0195. The van der Waals surface area contributed by atoms with Gasteiger partial charge in [0.05, 0.1) is 25.4 Å². The maximum atomic E-state index is 13.4. The molecule has 0 aromatic rings. The maximum Gasteiger partial charge on any atom is 0.306 e. The molecule has 1 rings (SSSR count). The molecule has 0 aromatic heterocycles. The van der Waals surface area contributed by atoms with Crippen molar-refractivity contribution in [2.24, 2.45) is 0 Å². The monoisotopic (exact) mass is 1110 g/mol. The van der Waals surface area contributed by atoms with Gasteiger partial charge in [0, 0.05) is 12.8 Å². The predicted molar refractivity (Wildman–Crippen MR) is 333 cm³/mol. The number of ether oxygens (including phenoxy) is 3. The lowest BCUT2D eigenvalue weighted by Gasteiger charge is -2.41. The minimum atomic E-state index is -1.66. The fraction of sp³-hybridized carbons (Fsp3) is 0.594. The highest BCUT2D eigenvalue weighted by Gasteiger charge is 2.47. The smallest absolute Gasteiger partial charge is 0.306 e. The summed E-state index contributed by atoms with van der Waals surface area (Å²) in [6, 6.07) is -1.09. The van der Waals surface area contributed by atoms with Crippen LogP contribution in [0.15, 0.2) is 158 Å². The van der Waals surface area contributed by atoms with Crippen LogP contribution in [0.2, 0.25) is 0 Å². The van der Waals surface area contributed by atoms with Crippen LogP contribution in [0.4, 0.5) is 0 Å². The number of rotatable bonds is 49. The standard InChI is InChI=1S/C69H109NO10/c1-4-7-10-13-16-19-22-25-27-29-31-32-33-35-37-39-42-45-48-51-54-57-64(74)80-67-66(76)65(75)63(58-71)79-69(67)78-59-60(61(72)55-52-49-46-43-40-24-21-18-15-12-9-6-3)70-68(77)62(73)56-53-50-47-44-41-38-36-34-30-28-26-23-20-17-14-11-8-5-2/h7-8,10-11,16-17,19-20,25-28,31-32,34-37,41-42,44-45,50,52-53,55,60-63,65-67,69,71-73,75-76H,4-6,9,12-15,18,21-24,29-30,33,38-40,43,46-49,51,54,56-59H2,1-3H3,(H,70,77)/b10-7-,11-8-,19-16-,20-17-,27-25-,28-26-,32-31-,36-34-,37-35-,44-41-,45-42-,53-50-,55-52+. The van der Waals surface area contributed by atoms with E-state index in [1.807, 2.05) is 18.2 Å². The van der Waals surface area contributed by atoms with Crippen LogP contribution in [0.5, 0.6) is 0 Å². The number of unbranched alkanes of at least 4 members (excludes halogenated alkanes) is 12. The number of nitrogens with one attached hydrogen (secondary N) is 1. The zero-order valence-electron chi connectivity index (χ0n) is 49.6. The van der Waals surface area contributed by atoms with Crippen LogP contribution in [0, 0.1) is 0 Å². The lowest BCUT2D eigenvalue weighted by molar-refractivity contribution is -0.305. The third kappa shape index (κ3) is 42.2. The van der Waals surface area contributed by atoms with Gasteiger partial charge in [-0.1, -0.05) is 237 Å². The average molecular weight is 1110 g/mol. The normalized spacial score (nSPS) is 19.9. The fourth-order valence-electron chi connectivity index (χ4n) is 8.37. The highest BCUT2D eigenvalue weighted by Crippen LogP contribution is 2.26. The van der Waals surface area contributed by atoms with Crippen molar-refractivity contribution in [2.45, 2.75) is 250 Å². The average Bonchev–Trinajstić information content (AvgIpc) is 3.45. The Morgan fingerprint density at radius 2 is 0.900 bits per heavy atom. The number of allylic oxidation sites excluding steroid dienone is 24. The molecular formula is C69H109NO10. The first-order valence-corrected chi connectivity index (χ1v) is 30.8. The predicted octanol–water partition coefficient (Wildman–Crippen LogP) is 14.8. The number of aliphatic hydroxyl groups is 5. The molecule has 6 N–H and O–H groups in total. The van der Waals surface area contributed by atoms with E-state index in [1.165, 1.54) is 44.9 Å². The minimum absolute atomic E-state index is 0.0439. The summed E-state index contributed by atoms with van der Waals surface area (Å²) in [5.74, 6) is -1.35. The molecule has 0 aromatic carbocycles. The van der Waals surface area contributed by atoms with E-state index in [0.717, 1.165) is 109 Å². The van der Waals surface area contributed by atoms with Crippen molar-refractivity contribution in [3.63, 3.8) is 0 Å². The minimum Gasteiger partial charge on any atom is -0.454 e. The lowest BCUT2D eigenvalue weighted by atomic mass is 9.99. The maximum absolute atomic E-state index is 13.4. The Morgan fingerprint density at radius 1 is 0.500 bits per heavy atom. The molecule has 1 saturated heterocycles. The number of carbonyl (C=O) groups excluding carboxylic acids is 2. The second-order valence-electron chi connectivity index (χ2n) is 20.3. The Morgan fingerprint density at radius 3 is 1.35 bits per heavy atom. The first-order valence-electron chi connectivity index (χ1n) is 30.8. The van der Waals surface area contributed by atoms with Crippen LogP contribution in [0.3, 0.4) is 0 Å². The Labute approximate surface area is 485 Å². The highest BCUT2D eigenvalue weighted by molar-refractivity contribution is 5.81. The molecule has 0 aliphatic carbocycles. The Balaban J connectivity index is 2.78. The molecule has 8 atom stereocenters. The van der Waals surface area contributed by atoms with Crippen LogP contribution >= 0.6 is 0 Å². The van der Waals surface area contributed by atoms with E-state index in [4.69, 9.17) is 14.2 Å². The van der Waals surface area contributed by atoms with E-state index >= 15 is 0 Å². The molecule has 8 unspecified atom stereocenters. The molecule has 1 fully saturated rings. The Kier molecular flexibility index (Phi) is 50.2. The largest absolute Gasteiger partial charge is 0.454 e. The summed E-state index contributed by atoms with van der Waals surface area (Å²) >= 11 is 0. The number of aliphatic hydroxyl groups excluding tert-OH is 5. The first-order chi connectivity index (χ1) is 39.2. The molecule has 1 heterocycles. The van der Waals surface area contributed by atoms with Crippen molar-refractivity contribution >= 4 is 11.9 Å². The van der Waals surface area contributed by atoms with Crippen molar-refractivity contribution in [1.82, 2.24) is 5.32 Å². The summed E-state index contributed by atoms with van der Waals surface area (Å²) in [4.78, 5) is 26.5. The molecular weight excluding hydrogens is 1000 g/mol. The van der Waals surface area contributed by atoms with E-state index in [1.54, 1.807) is 12.2 Å². The van der Waals surface area contributed by atoms with Gasteiger partial charge in [0.2, 0.25) is 5.91 Å². The SMILES string of the molecule is CC/C=C\C/C=C\C/C=C\C/C=C\C/C=C\C/C=C\CCCCC(=O)OC1C(OCC(NC(=O)C(O)C/C=C\C/C=C\C/C=C\C/C=C\C/C=C\C/C=C\CC)C(O)/C=C/CCCCCCCCCCCC)OC(CO)C(O)C1O. The third-order valence-electron chi connectivity index (χ3n) is 13.2. The summed E-state index contributed by atoms with van der Waals surface area (Å²) in [6.45, 7) is 5.46. The molecule has 450 valence electrons. The summed E-state index contributed by atoms with van der Waals surface area (Å²) < 4.78 is 17.5. The van der Waals surface area contributed by atoms with Gasteiger partial charge in [-0.2, -0.15) is 0 Å². The van der Waals surface area contributed by atoms with Gasteiger partial charge in [0.15, 0.2) is 12.4 Å². The molecule has 1 aliphatic heterocycles. The summed E-state index contributed by atoms with van der Waals surface area (Å²) in [6.07, 6.45) is 70.1. The van der Waals surface area contributed by atoms with Gasteiger partial charge < -0.3 is 45.1 Å². The molecule has 1 aliphatic rings. The van der Waals surface area contributed by atoms with Crippen LogP contribution in [-0.4, -0.2) is 99.6 Å². The van der Waals surface area contributed by atoms with Gasteiger partial charge in [-0.05, 0) is 109 Å². The second kappa shape index (κ2) is 54.8. The molecule has 11 heteroatoms. The fourth-order valence-corrected chi connectivity index (χ4v) is 8.37. The van der Waals surface area contributed by atoms with Crippen molar-refractivity contribution in [1.29, 1.82) is 0 Å². The number of carbonyl (C=O) groups is 2. The second-order valence-corrected chi connectivity index (χ2v) is 20.3. The number of esters is 1. The van der Waals surface area contributed by atoms with Gasteiger partial charge in [0.1, 0.15) is 24.4 Å². The van der Waals surface area contributed by atoms with Crippen molar-refractivity contribution in [3.8, 4) is 0 Å². The molecule has 0 spiro atoms. The van der Waals surface area contributed by atoms with Gasteiger partial charge in [-0.25, -0.2) is 0 Å². The van der Waals surface area contributed by atoms with Crippen LogP contribution in [-0.2, 0) is 23.8 Å². The third-order valence-corrected chi connectivity index (χ3v) is 13.2. The van der Waals surface area contributed by atoms with Crippen LogP contribution in [0.25, 0.3) is 0 Å². The number of amides is 1. The molecule has 11 nitrogen and oxygen atoms in total. The van der Waals surface area contributed by atoms with E-state index in [-0.39, 0.29) is 19.4 Å². The van der Waals surface area contributed by atoms with Crippen LogP contribution < -0.4 is 5.32 Å². The summed E-state index contributed by atoms with van der Waals surface area (Å²) in [5.41, 5.74) is 0. The van der Waals surface area contributed by atoms with E-state index in [0.29, 0.717) is 12.8 Å². The lowest BCUT2D eigenvalue weighted by Crippen LogP contribution is -2.61. The van der Waals surface area contributed by atoms with Crippen molar-refractivity contribution < 1.29 is 49.3 Å². The van der Waals surface area contributed by atoms with E-state index < -0.39 is 67.4 Å². The molecule has 80 heavy (non-hydrogen) atoms. The Bertz CT molecular complexity index is 1900. The number of hydrogen-bond donors (Lipinski definition) is 6. The van der Waals surface area contributed by atoms with E-state index in [9.17, 15) is 35.1 Å². The van der Waals surface area contributed by atoms with Gasteiger partial charge in [-0.15, -0.1) is 0 Å². The van der Waals surface area contributed by atoms with Crippen molar-refractivity contribution in [2.75, 3.05) is 13.2 Å². The molecule has 0 bridgehead atoms. The zero-order valence-corrected chi connectivity index (χ0v) is 49.6. The number of hydrogen-bond acceptors (Lipinski definition) is 10. The molecule has 0 saturated carbocycles.